The Kier molecular flexibility index (Phi) is 6.17. The summed E-state index contributed by atoms with van der Waals surface area (Å²) in [5.74, 6) is -0.781. The van der Waals surface area contributed by atoms with Crippen LogP contribution in [0.15, 0.2) is 61.2 Å². The van der Waals surface area contributed by atoms with Crippen molar-refractivity contribution in [2.75, 3.05) is 18.6 Å². The highest BCUT2D eigenvalue weighted by atomic mass is 16.6. The van der Waals surface area contributed by atoms with Crippen LogP contribution in [0.2, 0.25) is 0 Å². The number of ether oxygens (including phenoxy) is 2. The van der Waals surface area contributed by atoms with E-state index in [1.54, 1.807) is 0 Å². The summed E-state index contributed by atoms with van der Waals surface area (Å²) in [5, 5.41) is 9.83. The van der Waals surface area contributed by atoms with Crippen LogP contribution in [-0.4, -0.2) is 30.8 Å². The number of hydrogen-bond acceptors (Lipinski definition) is 5. The Balaban J connectivity index is 2.21. The quantitative estimate of drug-likeness (QED) is 0.643. The van der Waals surface area contributed by atoms with E-state index >= 15 is 0 Å². The first-order chi connectivity index (χ1) is 12.0. The lowest BCUT2D eigenvalue weighted by molar-refractivity contribution is 0.0600. The minimum absolute atomic E-state index is 0.107. The third-order valence-corrected chi connectivity index (χ3v) is 3.37. The average Bonchev–Trinajstić information content (AvgIpc) is 2.63. The third kappa shape index (κ3) is 4.84. The highest BCUT2D eigenvalue weighted by Gasteiger charge is 2.19. The first-order valence-electron chi connectivity index (χ1n) is 7.56. The van der Waals surface area contributed by atoms with Crippen molar-refractivity contribution in [3.05, 3.63) is 72.3 Å². The van der Waals surface area contributed by atoms with E-state index in [0.717, 1.165) is 5.56 Å². The number of rotatable bonds is 6. The van der Waals surface area contributed by atoms with Crippen LogP contribution >= 0.6 is 0 Å². The van der Waals surface area contributed by atoms with E-state index in [0.29, 0.717) is 5.69 Å². The van der Waals surface area contributed by atoms with Crippen LogP contribution in [0.25, 0.3) is 0 Å². The molecule has 1 amide bonds. The molecule has 0 aromatic heterocycles. The lowest BCUT2D eigenvalue weighted by Crippen LogP contribution is -2.31. The largest absolute Gasteiger partial charge is 0.508 e. The molecule has 0 fully saturated rings. The number of methoxy groups -OCH3 is 1. The molecule has 0 spiro atoms. The maximum atomic E-state index is 12.4. The van der Waals surface area contributed by atoms with Crippen LogP contribution in [0.1, 0.15) is 15.9 Å². The maximum absolute atomic E-state index is 12.4. The Labute approximate surface area is 145 Å². The molecule has 2 aromatic carbocycles. The molecule has 0 bridgehead atoms. The summed E-state index contributed by atoms with van der Waals surface area (Å²) in [5.41, 5.74) is 1.28. The van der Waals surface area contributed by atoms with Gasteiger partial charge in [0.15, 0.2) is 0 Å². The zero-order chi connectivity index (χ0) is 18.2. The van der Waals surface area contributed by atoms with Crippen molar-refractivity contribution in [1.82, 2.24) is 0 Å². The number of carbonyl (C=O) groups is 2. The zero-order valence-corrected chi connectivity index (χ0v) is 13.8. The number of phenolic OH excluding ortho intramolecular Hbond substituents is 1. The van der Waals surface area contributed by atoms with Gasteiger partial charge in [0.2, 0.25) is 0 Å². The summed E-state index contributed by atoms with van der Waals surface area (Å²) in [6, 6.07) is 13.3. The molecule has 0 aliphatic heterocycles. The van der Waals surface area contributed by atoms with Gasteiger partial charge in [-0.15, -0.1) is 6.58 Å². The lowest BCUT2D eigenvalue weighted by atomic mass is 10.1. The Bertz CT molecular complexity index is 758. The molecule has 0 aliphatic rings. The standard InChI is InChI=1S/C19H19NO5/c1-3-9-20(19(23)25-13-14-7-5-4-6-8-14)16-10-15(18(22)24-2)11-17(21)12-16/h3-8,10-12,21H,1,9,13H2,2H3. The number of nitrogens with zero attached hydrogens (tertiary/aromatic N) is 1. The molecule has 0 heterocycles. The summed E-state index contributed by atoms with van der Waals surface area (Å²) < 4.78 is 9.95. The van der Waals surface area contributed by atoms with E-state index < -0.39 is 12.1 Å². The number of carbonyl (C=O) groups excluding carboxylic acids is 2. The van der Waals surface area contributed by atoms with Gasteiger partial charge in [-0.1, -0.05) is 36.4 Å². The topological polar surface area (TPSA) is 76.1 Å². The molecule has 25 heavy (non-hydrogen) atoms. The number of anilines is 1. The highest BCUT2D eigenvalue weighted by molar-refractivity contribution is 5.94. The van der Waals surface area contributed by atoms with Gasteiger partial charge in [-0.3, -0.25) is 4.90 Å². The average molecular weight is 341 g/mol. The molecule has 0 aliphatic carbocycles. The van der Waals surface area contributed by atoms with E-state index in [1.807, 2.05) is 30.3 Å². The fourth-order valence-electron chi connectivity index (χ4n) is 2.20. The van der Waals surface area contributed by atoms with Gasteiger partial charge in [-0.25, -0.2) is 9.59 Å². The Morgan fingerprint density at radius 1 is 1.20 bits per heavy atom. The Morgan fingerprint density at radius 3 is 2.56 bits per heavy atom. The first-order valence-corrected chi connectivity index (χ1v) is 7.56. The van der Waals surface area contributed by atoms with Gasteiger partial charge in [0, 0.05) is 12.6 Å². The van der Waals surface area contributed by atoms with Gasteiger partial charge in [-0.05, 0) is 17.7 Å². The smallest absolute Gasteiger partial charge is 0.414 e. The molecule has 2 rings (SSSR count). The summed E-state index contributed by atoms with van der Waals surface area (Å²) in [6.07, 6.45) is 0.899. The Hall–Kier alpha value is -3.28. The lowest BCUT2D eigenvalue weighted by Gasteiger charge is -2.21. The SMILES string of the molecule is C=CCN(C(=O)OCc1ccccc1)c1cc(O)cc(C(=O)OC)c1. The predicted octanol–water partition coefficient (Wildman–Crippen LogP) is 3.51. The minimum atomic E-state index is -0.620. The van der Waals surface area contributed by atoms with Gasteiger partial charge in [0.05, 0.1) is 18.4 Å². The van der Waals surface area contributed by atoms with Crippen molar-refractivity contribution in [3.8, 4) is 5.75 Å². The fraction of sp³-hybridized carbons (Fsp3) is 0.158. The van der Waals surface area contributed by atoms with Gasteiger partial charge < -0.3 is 14.6 Å². The van der Waals surface area contributed by atoms with Crippen molar-refractivity contribution in [2.45, 2.75) is 6.61 Å². The molecular formula is C19H19NO5. The van der Waals surface area contributed by atoms with Crippen molar-refractivity contribution < 1.29 is 24.2 Å². The van der Waals surface area contributed by atoms with Crippen LogP contribution < -0.4 is 4.90 Å². The summed E-state index contributed by atoms with van der Waals surface area (Å²) in [6.45, 7) is 3.88. The van der Waals surface area contributed by atoms with E-state index in [2.05, 4.69) is 11.3 Å². The van der Waals surface area contributed by atoms with E-state index in [4.69, 9.17) is 4.74 Å². The van der Waals surface area contributed by atoms with Gasteiger partial charge in [0.25, 0.3) is 0 Å². The minimum Gasteiger partial charge on any atom is -0.508 e. The number of hydrogen-bond donors (Lipinski definition) is 1. The molecule has 0 unspecified atom stereocenters. The molecule has 130 valence electrons. The van der Waals surface area contributed by atoms with Crippen LogP contribution in [0, 0.1) is 0 Å². The Morgan fingerprint density at radius 2 is 1.92 bits per heavy atom. The molecular weight excluding hydrogens is 322 g/mol. The number of phenols is 1. The highest BCUT2D eigenvalue weighted by Crippen LogP contribution is 2.24. The number of esters is 1. The van der Waals surface area contributed by atoms with E-state index in [1.165, 1.54) is 36.3 Å². The second kappa shape index (κ2) is 8.54. The number of amides is 1. The molecule has 0 atom stereocenters. The maximum Gasteiger partial charge on any atom is 0.414 e. The summed E-state index contributed by atoms with van der Waals surface area (Å²) in [7, 11) is 1.24. The monoisotopic (exact) mass is 341 g/mol. The summed E-state index contributed by atoms with van der Waals surface area (Å²) >= 11 is 0. The molecule has 1 N–H and O–H groups in total. The second-order valence-corrected chi connectivity index (χ2v) is 5.17. The zero-order valence-electron chi connectivity index (χ0n) is 13.8. The van der Waals surface area contributed by atoms with E-state index in [-0.39, 0.29) is 24.5 Å². The summed E-state index contributed by atoms with van der Waals surface area (Å²) in [4.78, 5) is 25.4. The first kappa shape index (κ1) is 18.1. The second-order valence-electron chi connectivity index (χ2n) is 5.17. The van der Waals surface area contributed by atoms with Crippen molar-refractivity contribution in [1.29, 1.82) is 0 Å². The number of benzene rings is 2. The van der Waals surface area contributed by atoms with Crippen LogP contribution in [-0.2, 0) is 16.1 Å². The molecule has 0 saturated heterocycles. The number of aromatic hydroxyl groups is 1. The molecule has 6 nitrogen and oxygen atoms in total. The van der Waals surface area contributed by atoms with Gasteiger partial charge in [0.1, 0.15) is 12.4 Å². The fourth-order valence-corrected chi connectivity index (χ4v) is 2.20. The van der Waals surface area contributed by atoms with Crippen LogP contribution in [0.5, 0.6) is 5.75 Å². The van der Waals surface area contributed by atoms with Gasteiger partial charge >= 0.3 is 12.1 Å². The molecule has 2 aromatic rings. The normalized spacial score (nSPS) is 9.96. The molecule has 0 saturated carbocycles. The van der Waals surface area contributed by atoms with Crippen molar-refractivity contribution in [3.63, 3.8) is 0 Å². The van der Waals surface area contributed by atoms with Crippen LogP contribution in [0.3, 0.4) is 0 Å². The molecule has 6 heteroatoms. The third-order valence-electron chi connectivity index (χ3n) is 3.37. The van der Waals surface area contributed by atoms with Crippen molar-refractivity contribution in [2.24, 2.45) is 0 Å². The van der Waals surface area contributed by atoms with Crippen LogP contribution in [0.4, 0.5) is 10.5 Å². The predicted molar refractivity (Wildman–Crippen MR) is 93.6 cm³/mol. The van der Waals surface area contributed by atoms with E-state index in [9.17, 15) is 14.7 Å². The van der Waals surface area contributed by atoms with Crippen molar-refractivity contribution >= 4 is 17.7 Å². The van der Waals surface area contributed by atoms with Gasteiger partial charge in [-0.2, -0.15) is 0 Å². The molecule has 0 radical (unpaired) electrons.